The SMILES string of the molecule is O=C(CN1CCN(C(=O)c2cnn(-c3ccccc3)n2)CC1)c1cccs1. The van der Waals surface area contributed by atoms with E-state index in [1.807, 2.05) is 47.8 Å². The van der Waals surface area contributed by atoms with Gasteiger partial charge in [0, 0.05) is 26.2 Å². The Labute approximate surface area is 160 Å². The standard InChI is InChI=1S/C19H19N5O2S/c25-17(18-7-4-12-27-18)14-22-8-10-23(11-9-22)19(26)16-13-20-24(21-16)15-5-2-1-3-6-15/h1-7,12-13H,8-11,14H2. The summed E-state index contributed by atoms with van der Waals surface area (Å²) in [5.74, 6) is 0.0111. The molecule has 1 fully saturated rings. The Bertz CT molecular complexity index is 915. The number of carbonyl (C=O) groups excluding carboxylic acids is 2. The highest BCUT2D eigenvalue weighted by molar-refractivity contribution is 7.12. The Morgan fingerprint density at radius 3 is 2.48 bits per heavy atom. The van der Waals surface area contributed by atoms with Gasteiger partial charge in [0.25, 0.3) is 5.91 Å². The van der Waals surface area contributed by atoms with Crippen LogP contribution in [0.1, 0.15) is 20.2 Å². The molecule has 3 aromatic rings. The maximum absolute atomic E-state index is 12.7. The smallest absolute Gasteiger partial charge is 0.276 e. The number of Topliss-reactive ketones (excluding diaryl/α,β-unsaturated/α-hetero) is 1. The molecule has 7 nitrogen and oxygen atoms in total. The molecule has 0 atom stereocenters. The molecule has 0 unspecified atom stereocenters. The zero-order valence-corrected chi connectivity index (χ0v) is 15.5. The van der Waals surface area contributed by atoms with Crippen LogP contribution in [0.2, 0.25) is 0 Å². The van der Waals surface area contributed by atoms with E-state index in [4.69, 9.17) is 0 Å². The molecule has 1 aliphatic heterocycles. The van der Waals surface area contributed by atoms with Crippen LogP contribution in [0.25, 0.3) is 5.69 Å². The van der Waals surface area contributed by atoms with Crippen LogP contribution in [0.15, 0.2) is 54.0 Å². The summed E-state index contributed by atoms with van der Waals surface area (Å²) in [5, 5.41) is 10.4. The molecular formula is C19H19N5O2S. The summed E-state index contributed by atoms with van der Waals surface area (Å²) < 4.78 is 0. The van der Waals surface area contributed by atoms with Crippen molar-refractivity contribution in [2.24, 2.45) is 0 Å². The molecule has 138 valence electrons. The monoisotopic (exact) mass is 381 g/mol. The van der Waals surface area contributed by atoms with Gasteiger partial charge in [0.1, 0.15) is 0 Å². The topological polar surface area (TPSA) is 71.3 Å². The van der Waals surface area contributed by atoms with E-state index in [-0.39, 0.29) is 11.7 Å². The summed E-state index contributed by atoms with van der Waals surface area (Å²) in [6, 6.07) is 13.2. The van der Waals surface area contributed by atoms with Gasteiger partial charge in [0.05, 0.1) is 23.3 Å². The van der Waals surface area contributed by atoms with Crippen LogP contribution in [0.5, 0.6) is 0 Å². The molecule has 3 heterocycles. The first-order valence-electron chi connectivity index (χ1n) is 8.77. The fourth-order valence-electron chi connectivity index (χ4n) is 3.04. The largest absolute Gasteiger partial charge is 0.335 e. The Hall–Kier alpha value is -2.84. The highest BCUT2D eigenvalue weighted by Gasteiger charge is 2.25. The number of para-hydroxylation sites is 1. The zero-order chi connectivity index (χ0) is 18.6. The van der Waals surface area contributed by atoms with E-state index in [9.17, 15) is 9.59 Å². The molecule has 1 saturated heterocycles. The van der Waals surface area contributed by atoms with Gasteiger partial charge >= 0.3 is 0 Å². The van der Waals surface area contributed by atoms with Crippen LogP contribution in [0, 0.1) is 0 Å². The molecule has 0 bridgehead atoms. The van der Waals surface area contributed by atoms with Crippen molar-refractivity contribution in [2.75, 3.05) is 32.7 Å². The number of carbonyl (C=O) groups is 2. The van der Waals surface area contributed by atoms with Gasteiger partial charge in [-0.15, -0.1) is 16.4 Å². The van der Waals surface area contributed by atoms with Gasteiger partial charge in [-0.25, -0.2) is 0 Å². The number of ketones is 1. The summed E-state index contributed by atoms with van der Waals surface area (Å²) in [5.41, 5.74) is 1.15. The molecule has 8 heteroatoms. The molecule has 0 saturated carbocycles. The van der Waals surface area contributed by atoms with Crippen molar-refractivity contribution >= 4 is 23.0 Å². The molecule has 2 aromatic heterocycles. The van der Waals surface area contributed by atoms with Crippen LogP contribution in [-0.2, 0) is 0 Å². The van der Waals surface area contributed by atoms with Crippen LogP contribution >= 0.6 is 11.3 Å². The highest BCUT2D eigenvalue weighted by Crippen LogP contribution is 2.12. The predicted molar refractivity (Wildman–Crippen MR) is 102 cm³/mol. The molecular weight excluding hydrogens is 362 g/mol. The lowest BCUT2D eigenvalue weighted by Crippen LogP contribution is -2.50. The van der Waals surface area contributed by atoms with Crippen molar-refractivity contribution in [2.45, 2.75) is 0 Å². The normalized spacial score (nSPS) is 15.0. The molecule has 27 heavy (non-hydrogen) atoms. The van der Waals surface area contributed by atoms with Crippen molar-refractivity contribution in [3.05, 3.63) is 64.6 Å². The van der Waals surface area contributed by atoms with Gasteiger partial charge in [-0.05, 0) is 23.6 Å². The van der Waals surface area contributed by atoms with Gasteiger partial charge < -0.3 is 4.90 Å². The lowest BCUT2D eigenvalue weighted by molar-refractivity contribution is 0.0619. The van der Waals surface area contributed by atoms with Gasteiger partial charge in [0.15, 0.2) is 11.5 Å². The number of benzene rings is 1. The van der Waals surface area contributed by atoms with Gasteiger partial charge in [-0.3, -0.25) is 14.5 Å². The molecule has 1 amide bonds. The summed E-state index contributed by atoms with van der Waals surface area (Å²) in [6.07, 6.45) is 1.50. The average Bonchev–Trinajstić information content (AvgIpc) is 3.41. The van der Waals surface area contributed by atoms with E-state index in [2.05, 4.69) is 15.1 Å². The third kappa shape index (κ3) is 3.96. The van der Waals surface area contributed by atoms with Gasteiger partial charge in [-0.1, -0.05) is 24.3 Å². The zero-order valence-electron chi connectivity index (χ0n) is 14.7. The van der Waals surface area contributed by atoms with Crippen LogP contribution in [-0.4, -0.2) is 69.2 Å². The van der Waals surface area contributed by atoms with E-state index in [1.165, 1.54) is 22.3 Å². The van der Waals surface area contributed by atoms with E-state index in [1.54, 1.807) is 4.90 Å². The number of nitrogens with zero attached hydrogens (tertiary/aromatic N) is 5. The van der Waals surface area contributed by atoms with E-state index in [0.717, 1.165) is 10.6 Å². The fraction of sp³-hybridized carbons (Fsp3) is 0.263. The van der Waals surface area contributed by atoms with E-state index < -0.39 is 0 Å². The maximum atomic E-state index is 12.7. The molecule has 0 N–H and O–H groups in total. The van der Waals surface area contributed by atoms with Crippen molar-refractivity contribution in [3.8, 4) is 5.69 Å². The number of aromatic nitrogens is 3. The first-order valence-corrected chi connectivity index (χ1v) is 9.65. The second-order valence-corrected chi connectivity index (χ2v) is 7.27. The number of hydrogen-bond acceptors (Lipinski definition) is 6. The van der Waals surface area contributed by atoms with Crippen LogP contribution in [0.3, 0.4) is 0 Å². The molecule has 1 aliphatic rings. The summed E-state index contributed by atoms with van der Waals surface area (Å²) in [4.78, 5) is 31.0. The van der Waals surface area contributed by atoms with Crippen LogP contribution in [0.4, 0.5) is 0 Å². The number of piperazine rings is 1. The maximum Gasteiger partial charge on any atom is 0.276 e. The van der Waals surface area contributed by atoms with Gasteiger partial charge in [-0.2, -0.15) is 9.90 Å². The van der Waals surface area contributed by atoms with Gasteiger partial charge in [0.2, 0.25) is 0 Å². The number of amides is 1. The predicted octanol–water partition coefficient (Wildman–Crippen LogP) is 1.97. The third-order valence-electron chi connectivity index (χ3n) is 4.52. The van der Waals surface area contributed by atoms with Crippen molar-refractivity contribution in [1.82, 2.24) is 24.8 Å². The minimum Gasteiger partial charge on any atom is -0.335 e. The molecule has 0 aliphatic carbocycles. The summed E-state index contributed by atoms with van der Waals surface area (Å²) in [7, 11) is 0. The number of thiophene rings is 1. The molecule has 0 spiro atoms. The highest BCUT2D eigenvalue weighted by atomic mass is 32.1. The van der Waals surface area contributed by atoms with E-state index >= 15 is 0 Å². The second-order valence-electron chi connectivity index (χ2n) is 6.32. The Morgan fingerprint density at radius 1 is 1.00 bits per heavy atom. The van der Waals surface area contributed by atoms with E-state index in [0.29, 0.717) is 38.4 Å². The Morgan fingerprint density at radius 2 is 1.78 bits per heavy atom. The minimum atomic E-state index is -0.124. The quantitative estimate of drug-likeness (QED) is 0.632. The molecule has 4 rings (SSSR count). The fourth-order valence-corrected chi connectivity index (χ4v) is 3.69. The van der Waals surface area contributed by atoms with Crippen molar-refractivity contribution < 1.29 is 9.59 Å². The molecule has 1 aromatic carbocycles. The first-order chi connectivity index (χ1) is 13.2. The second kappa shape index (κ2) is 7.81. The summed E-state index contributed by atoms with van der Waals surface area (Å²) >= 11 is 1.46. The average molecular weight is 381 g/mol. The van der Waals surface area contributed by atoms with Crippen molar-refractivity contribution in [1.29, 1.82) is 0 Å². The lowest BCUT2D eigenvalue weighted by atomic mass is 10.2. The van der Waals surface area contributed by atoms with Crippen molar-refractivity contribution in [3.63, 3.8) is 0 Å². The Balaban J connectivity index is 1.34. The Kier molecular flexibility index (Phi) is 5.08. The number of hydrogen-bond donors (Lipinski definition) is 0. The number of rotatable bonds is 5. The molecule has 0 radical (unpaired) electrons. The third-order valence-corrected chi connectivity index (χ3v) is 5.43. The lowest BCUT2D eigenvalue weighted by Gasteiger charge is -2.33. The summed E-state index contributed by atoms with van der Waals surface area (Å²) in [6.45, 7) is 2.90. The van der Waals surface area contributed by atoms with Crippen LogP contribution < -0.4 is 0 Å². The minimum absolute atomic E-state index is 0.124. The first kappa shape index (κ1) is 17.6.